The van der Waals surface area contributed by atoms with Gasteiger partial charge in [0.1, 0.15) is 0 Å². The molecule has 3 N–H and O–H groups in total. The van der Waals surface area contributed by atoms with Gasteiger partial charge in [0.15, 0.2) is 5.03 Å². The highest BCUT2D eigenvalue weighted by Gasteiger charge is 2.25. The van der Waals surface area contributed by atoms with Crippen LogP contribution in [-0.4, -0.2) is 42.2 Å². The van der Waals surface area contributed by atoms with E-state index in [1.807, 2.05) is 27.7 Å². The SMILES string of the molecule is CCSCC(C)NS(=O)(=O)c1n[nH]c(C)c1CNC(C)C. The van der Waals surface area contributed by atoms with Crippen LogP contribution in [0.3, 0.4) is 0 Å². The van der Waals surface area contributed by atoms with Crippen molar-refractivity contribution < 1.29 is 8.42 Å². The summed E-state index contributed by atoms with van der Waals surface area (Å²) in [6, 6.07) is 0.158. The molecule has 1 atom stereocenters. The lowest BCUT2D eigenvalue weighted by atomic mass is 10.2. The molecule has 0 aliphatic carbocycles. The van der Waals surface area contributed by atoms with E-state index >= 15 is 0 Å². The predicted octanol–water partition coefficient (Wildman–Crippen LogP) is 1.64. The number of hydrogen-bond acceptors (Lipinski definition) is 5. The second kappa shape index (κ2) is 8.17. The molecule has 0 aromatic carbocycles. The van der Waals surface area contributed by atoms with Crippen LogP contribution in [-0.2, 0) is 16.6 Å². The van der Waals surface area contributed by atoms with E-state index < -0.39 is 10.0 Å². The van der Waals surface area contributed by atoms with Crippen molar-refractivity contribution in [3.63, 3.8) is 0 Å². The Morgan fingerprint density at radius 2 is 2.00 bits per heavy atom. The normalized spacial score (nSPS) is 13.8. The fourth-order valence-electron chi connectivity index (χ4n) is 1.82. The standard InChI is InChI=1S/C13H26N4O2S2/c1-6-20-8-10(4)17-21(18,19)13-12(7-14-9(2)3)11(5)15-16-13/h9-10,14,17H,6-8H2,1-5H3,(H,15,16). The average Bonchev–Trinajstić information content (AvgIpc) is 2.75. The monoisotopic (exact) mass is 334 g/mol. The number of sulfonamides is 1. The Morgan fingerprint density at radius 1 is 1.33 bits per heavy atom. The molecule has 0 radical (unpaired) electrons. The highest BCUT2D eigenvalue weighted by atomic mass is 32.2. The lowest BCUT2D eigenvalue weighted by Crippen LogP contribution is -2.35. The summed E-state index contributed by atoms with van der Waals surface area (Å²) in [5.74, 6) is 1.72. The lowest BCUT2D eigenvalue weighted by molar-refractivity contribution is 0.557. The Morgan fingerprint density at radius 3 is 2.57 bits per heavy atom. The largest absolute Gasteiger partial charge is 0.310 e. The number of nitrogens with one attached hydrogen (secondary N) is 3. The fraction of sp³-hybridized carbons (Fsp3) is 0.769. The summed E-state index contributed by atoms with van der Waals surface area (Å²) < 4.78 is 27.6. The fourth-order valence-corrected chi connectivity index (χ4v) is 4.03. The molecule has 0 fully saturated rings. The molecule has 0 aliphatic heterocycles. The second-order valence-electron chi connectivity index (χ2n) is 5.35. The van der Waals surface area contributed by atoms with Crippen LogP contribution in [0.25, 0.3) is 0 Å². The number of aromatic nitrogens is 2. The van der Waals surface area contributed by atoms with Crippen LogP contribution >= 0.6 is 11.8 Å². The van der Waals surface area contributed by atoms with Gasteiger partial charge in [-0.2, -0.15) is 16.9 Å². The van der Waals surface area contributed by atoms with E-state index in [1.54, 1.807) is 11.8 Å². The van der Waals surface area contributed by atoms with Gasteiger partial charge < -0.3 is 5.32 Å². The van der Waals surface area contributed by atoms with Gasteiger partial charge in [0, 0.05) is 35.6 Å². The first-order chi connectivity index (χ1) is 9.77. The van der Waals surface area contributed by atoms with Crippen molar-refractivity contribution in [2.24, 2.45) is 0 Å². The summed E-state index contributed by atoms with van der Waals surface area (Å²) in [6.07, 6.45) is 0. The third-order valence-electron chi connectivity index (χ3n) is 2.91. The molecule has 0 aliphatic rings. The van der Waals surface area contributed by atoms with Crippen LogP contribution in [0.5, 0.6) is 0 Å². The summed E-state index contributed by atoms with van der Waals surface area (Å²) in [4.78, 5) is 0. The van der Waals surface area contributed by atoms with Crippen LogP contribution in [0.2, 0.25) is 0 Å². The number of hydrogen-bond donors (Lipinski definition) is 3. The predicted molar refractivity (Wildman–Crippen MR) is 88.1 cm³/mol. The number of H-pyrrole nitrogens is 1. The molecule has 0 amide bonds. The first-order valence-corrected chi connectivity index (χ1v) is 9.79. The maximum atomic E-state index is 12.5. The molecule has 1 unspecified atom stereocenters. The summed E-state index contributed by atoms with van der Waals surface area (Å²) >= 11 is 1.71. The zero-order chi connectivity index (χ0) is 16.0. The van der Waals surface area contributed by atoms with Crippen LogP contribution in [0.4, 0.5) is 0 Å². The first-order valence-electron chi connectivity index (χ1n) is 7.15. The molecule has 1 aromatic heterocycles. The van der Waals surface area contributed by atoms with E-state index in [9.17, 15) is 8.42 Å². The van der Waals surface area contributed by atoms with Crippen molar-refractivity contribution >= 4 is 21.8 Å². The van der Waals surface area contributed by atoms with Crippen LogP contribution in [0.1, 0.15) is 39.0 Å². The van der Waals surface area contributed by atoms with Crippen molar-refractivity contribution in [1.82, 2.24) is 20.2 Å². The van der Waals surface area contributed by atoms with E-state index in [0.717, 1.165) is 17.2 Å². The molecule has 0 saturated carbocycles. The van der Waals surface area contributed by atoms with E-state index in [1.165, 1.54) is 0 Å². The highest BCUT2D eigenvalue weighted by molar-refractivity contribution is 7.99. The Bertz CT molecular complexity index is 540. The maximum Gasteiger partial charge on any atom is 0.260 e. The summed E-state index contributed by atoms with van der Waals surface area (Å²) in [5, 5.41) is 10.1. The molecular formula is C13H26N4O2S2. The molecule has 6 nitrogen and oxygen atoms in total. The third kappa shape index (κ3) is 5.61. The minimum atomic E-state index is -3.59. The van der Waals surface area contributed by atoms with Gasteiger partial charge in [0.25, 0.3) is 10.0 Å². The summed E-state index contributed by atoms with van der Waals surface area (Å²) in [7, 11) is -3.59. The van der Waals surface area contributed by atoms with Crippen molar-refractivity contribution in [2.75, 3.05) is 11.5 Å². The van der Waals surface area contributed by atoms with E-state index in [0.29, 0.717) is 12.1 Å². The van der Waals surface area contributed by atoms with Gasteiger partial charge in [-0.1, -0.05) is 20.8 Å². The van der Waals surface area contributed by atoms with Gasteiger partial charge in [-0.25, -0.2) is 13.1 Å². The topological polar surface area (TPSA) is 86.9 Å². The zero-order valence-corrected chi connectivity index (χ0v) is 15.0. The van der Waals surface area contributed by atoms with E-state index in [-0.39, 0.29) is 17.1 Å². The quantitative estimate of drug-likeness (QED) is 0.639. The second-order valence-corrected chi connectivity index (χ2v) is 8.30. The van der Waals surface area contributed by atoms with Gasteiger partial charge in [-0.05, 0) is 19.6 Å². The van der Waals surface area contributed by atoms with E-state index in [4.69, 9.17) is 0 Å². The van der Waals surface area contributed by atoms with Crippen molar-refractivity contribution in [1.29, 1.82) is 0 Å². The van der Waals surface area contributed by atoms with Crippen LogP contribution in [0, 0.1) is 6.92 Å². The third-order valence-corrected chi connectivity index (χ3v) is 5.61. The Kier molecular flexibility index (Phi) is 7.19. The molecule has 0 saturated heterocycles. The van der Waals surface area contributed by atoms with Crippen LogP contribution in [0.15, 0.2) is 5.03 Å². The molecule has 1 rings (SSSR count). The molecule has 1 aromatic rings. The molecule has 1 heterocycles. The molecule has 122 valence electrons. The van der Waals surface area contributed by atoms with Crippen LogP contribution < -0.4 is 10.0 Å². The van der Waals surface area contributed by atoms with Crippen molar-refractivity contribution in [3.05, 3.63) is 11.3 Å². The molecule has 21 heavy (non-hydrogen) atoms. The number of aromatic amines is 1. The Balaban J connectivity index is 2.87. The van der Waals surface area contributed by atoms with Crippen molar-refractivity contribution in [2.45, 2.75) is 58.3 Å². The van der Waals surface area contributed by atoms with Gasteiger partial charge in [-0.15, -0.1) is 0 Å². The van der Waals surface area contributed by atoms with Crippen molar-refractivity contribution in [3.8, 4) is 0 Å². The zero-order valence-electron chi connectivity index (χ0n) is 13.4. The molecule has 0 spiro atoms. The Hall–Kier alpha value is -0.570. The smallest absolute Gasteiger partial charge is 0.260 e. The Labute approximate surface area is 131 Å². The molecular weight excluding hydrogens is 308 g/mol. The summed E-state index contributed by atoms with van der Waals surface area (Å²) in [6.45, 7) is 10.3. The number of nitrogens with zero attached hydrogens (tertiary/aromatic N) is 1. The van der Waals surface area contributed by atoms with E-state index in [2.05, 4.69) is 27.2 Å². The number of aryl methyl sites for hydroxylation is 1. The minimum absolute atomic E-state index is 0.0986. The van der Waals surface area contributed by atoms with Gasteiger partial charge >= 0.3 is 0 Å². The van der Waals surface area contributed by atoms with Gasteiger partial charge in [0.2, 0.25) is 0 Å². The number of thioether (sulfide) groups is 1. The lowest BCUT2D eigenvalue weighted by Gasteiger charge is -2.14. The molecule has 0 bridgehead atoms. The maximum absolute atomic E-state index is 12.5. The van der Waals surface area contributed by atoms with Gasteiger partial charge in [0.05, 0.1) is 0 Å². The minimum Gasteiger partial charge on any atom is -0.310 e. The average molecular weight is 335 g/mol. The first kappa shape index (κ1) is 18.5. The number of rotatable bonds is 9. The summed E-state index contributed by atoms with van der Waals surface area (Å²) in [5.41, 5.74) is 1.48. The van der Waals surface area contributed by atoms with Gasteiger partial charge in [-0.3, -0.25) is 5.10 Å². The highest BCUT2D eigenvalue weighted by Crippen LogP contribution is 2.17. The molecule has 8 heteroatoms.